The van der Waals surface area contributed by atoms with Crippen molar-refractivity contribution in [2.45, 2.75) is 19.4 Å². The number of methoxy groups -OCH3 is 3. The van der Waals surface area contributed by atoms with E-state index in [9.17, 15) is 19.7 Å². The summed E-state index contributed by atoms with van der Waals surface area (Å²) in [4.78, 5) is 39.6. The Morgan fingerprint density at radius 2 is 1.79 bits per heavy atom. The summed E-state index contributed by atoms with van der Waals surface area (Å²) in [5, 5.41) is 11.1. The lowest BCUT2D eigenvalue weighted by molar-refractivity contribution is -0.384. The fourth-order valence-corrected chi connectivity index (χ4v) is 3.95. The van der Waals surface area contributed by atoms with Gasteiger partial charge in [-0.2, -0.15) is 0 Å². The van der Waals surface area contributed by atoms with E-state index in [1.807, 2.05) is 0 Å². The highest BCUT2D eigenvalue weighted by atomic mass is 16.6. The molecule has 2 atom stereocenters. The van der Waals surface area contributed by atoms with Gasteiger partial charge in [0.05, 0.1) is 43.9 Å². The molecule has 0 N–H and O–H groups in total. The van der Waals surface area contributed by atoms with E-state index in [4.69, 9.17) is 14.2 Å². The quantitative estimate of drug-likeness (QED) is 0.442. The summed E-state index contributed by atoms with van der Waals surface area (Å²) in [5.41, 5.74) is 1.15. The van der Waals surface area contributed by atoms with E-state index in [1.165, 1.54) is 43.3 Å². The topological polar surface area (TPSA) is 111 Å². The SMILES string of the molecule is COc1cc(N2CC(C(=O)N(C)C(C)c3cccc([N+](=O)[O-])c3)CC2=O)cc(OC)c1OC. The molecule has 2 aromatic rings. The lowest BCUT2D eigenvalue weighted by atomic mass is 10.0. The molecule has 2 aromatic carbocycles. The second kappa shape index (κ2) is 9.76. The molecule has 1 saturated heterocycles. The number of ether oxygens (including phenoxy) is 3. The minimum Gasteiger partial charge on any atom is -0.493 e. The van der Waals surface area contributed by atoms with Crippen LogP contribution in [0.2, 0.25) is 0 Å². The first kappa shape index (κ1) is 23.8. The van der Waals surface area contributed by atoms with Crippen molar-refractivity contribution in [3.63, 3.8) is 0 Å². The monoisotopic (exact) mass is 457 g/mol. The van der Waals surface area contributed by atoms with E-state index in [0.717, 1.165) is 0 Å². The van der Waals surface area contributed by atoms with E-state index < -0.39 is 16.9 Å². The Balaban J connectivity index is 1.80. The Hall–Kier alpha value is -3.82. The standard InChI is InChI=1S/C23H27N3O7/c1-14(15-7-6-8-17(9-15)26(29)30)24(2)23(28)16-10-21(27)25(13-16)18-11-19(31-3)22(33-5)20(12-18)32-4/h6-9,11-12,14,16H,10,13H2,1-5H3. The Bertz CT molecular complexity index is 1050. The molecule has 0 radical (unpaired) electrons. The molecule has 33 heavy (non-hydrogen) atoms. The Kier molecular flexibility index (Phi) is 7.05. The maximum atomic E-state index is 13.2. The van der Waals surface area contributed by atoms with Crippen molar-refractivity contribution in [2.24, 2.45) is 5.92 Å². The van der Waals surface area contributed by atoms with Crippen LogP contribution in [-0.2, 0) is 9.59 Å². The molecule has 0 aromatic heterocycles. The molecule has 1 aliphatic heterocycles. The van der Waals surface area contributed by atoms with Gasteiger partial charge in [0.25, 0.3) is 5.69 Å². The average molecular weight is 457 g/mol. The number of hydrogen-bond donors (Lipinski definition) is 0. The van der Waals surface area contributed by atoms with Gasteiger partial charge < -0.3 is 24.0 Å². The van der Waals surface area contributed by atoms with Crippen molar-refractivity contribution in [3.05, 3.63) is 52.1 Å². The molecule has 3 rings (SSSR count). The third-order valence-electron chi connectivity index (χ3n) is 5.93. The zero-order chi connectivity index (χ0) is 24.3. The van der Waals surface area contributed by atoms with Gasteiger partial charge in [0.2, 0.25) is 17.6 Å². The molecule has 0 spiro atoms. The van der Waals surface area contributed by atoms with Crippen molar-refractivity contribution in [1.29, 1.82) is 0 Å². The minimum absolute atomic E-state index is 0.0372. The number of anilines is 1. The van der Waals surface area contributed by atoms with Crippen molar-refractivity contribution < 1.29 is 28.7 Å². The second-order valence-electron chi connectivity index (χ2n) is 7.77. The molecular weight excluding hydrogens is 430 g/mol. The first-order valence-electron chi connectivity index (χ1n) is 10.3. The molecule has 0 aliphatic carbocycles. The Morgan fingerprint density at radius 1 is 1.15 bits per heavy atom. The third-order valence-corrected chi connectivity index (χ3v) is 5.93. The molecule has 10 nitrogen and oxygen atoms in total. The summed E-state index contributed by atoms with van der Waals surface area (Å²) < 4.78 is 16.1. The van der Waals surface area contributed by atoms with Crippen molar-refractivity contribution >= 4 is 23.2 Å². The van der Waals surface area contributed by atoms with Crippen LogP contribution in [0.25, 0.3) is 0 Å². The van der Waals surface area contributed by atoms with Crippen molar-refractivity contribution in [1.82, 2.24) is 4.90 Å². The van der Waals surface area contributed by atoms with Gasteiger partial charge in [-0.05, 0) is 12.5 Å². The van der Waals surface area contributed by atoms with E-state index in [1.54, 1.807) is 38.2 Å². The highest BCUT2D eigenvalue weighted by Gasteiger charge is 2.38. The molecule has 0 bridgehead atoms. The highest BCUT2D eigenvalue weighted by molar-refractivity contribution is 6.00. The number of rotatable bonds is 8. The molecule has 2 amide bonds. The number of non-ortho nitro benzene ring substituents is 1. The van der Waals surface area contributed by atoms with Crippen LogP contribution in [0.3, 0.4) is 0 Å². The van der Waals surface area contributed by atoms with Crippen LogP contribution in [-0.4, -0.2) is 56.6 Å². The number of hydrogen-bond acceptors (Lipinski definition) is 7. The van der Waals surface area contributed by atoms with Crippen LogP contribution in [0, 0.1) is 16.0 Å². The van der Waals surface area contributed by atoms with Gasteiger partial charge >= 0.3 is 0 Å². The number of nitrogens with zero attached hydrogens (tertiary/aromatic N) is 3. The van der Waals surface area contributed by atoms with Gasteiger partial charge in [-0.15, -0.1) is 0 Å². The van der Waals surface area contributed by atoms with Gasteiger partial charge in [0.1, 0.15) is 0 Å². The second-order valence-corrected chi connectivity index (χ2v) is 7.77. The first-order chi connectivity index (χ1) is 15.7. The number of carbonyl (C=O) groups is 2. The molecular formula is C23H27N3O7. The third kappa shape index (κ3) is 4.69. The van der Waals surface area contributed by atoms with Gasteiger partial charge in [-0.3, -0.25) is 19.7 Å². The van der Waals surface area contributed by atoms with E-state index in [-0.39, 0.29) is 30.5 Å². The molecule has 1 heterocycles. The van der Waals surface area contributed by atoms with Crippen LogP contribution in [0.4, 0.5) is 11.4 Å². The zero-order valence-corrected chi connectivity index (χ0v) is 19.2. The molecule has 2 unspecified atom stereocenters. The lowest BCUT2D eigenvalue weighted by Crippen LogP contribution is -2.36. The van der Waals surface area contributed by atoms with Crippen molar-refractivity contribution in [3.8, 4) is 17.2 Å². The van der Waals surface area contributed by atoms with Crippen LogP contribution < -0.4 is 19.1 Å². The fourth-order valence-electron chi connectivity index (χ4n) is 3.95. The predicted molar refractivity (Wildman–Crippen MR) is 121 cm³/mol. The Labute approximate surface area is 191 Å². The maximum Gasteiger partial charge on any atom is 0.269 e. The van der Waals surface area contributed by atoms with Crippen LogP contribution in [0.1, 0.15) is 24.9 Å². The zero-order valence-electron chi connectivity index (χ0n) is 19.2. The Morgan fingerprint density at radius 3 is 2.33 bits per heavy atom. The molecule has 0 saturated carbocycles. The van der Waals surface area contributed by atoms with Gasteiger partial charge in [-0.25, -0.2) is 0 Å². The van der Waals surface area contributed by atoms with E-state index >= 15 is 0 Å². The molecule has 1 fully saturated rings. The summed E-state index contributed by atoms with van der Waals surface area (Å²) in [6.07, 6.45) is 0.0570. The number of carbonyl (C=O) groups excluding carboxylic acids is 2. The highest BCUT2D eigenvalue weighted by Crippen LogP contribution is 2.42. The van der Waals surface area contributed by atoms with Gasteiger partial charge in [0, 0.05) is 44.3 Å². The summed E-state index contributed by atoms with van der Waals surface area (Å²) in [6, 6.07) is 9.13. The normalized spacial score (nSPS) is 16.3. The number of nitro groups is 1. The minimum atomic E-state index is -0.553. The lowest BCUT2D eigenvalue weighted by Gasteiger charge is -2.28. The van der Waals surface area contributed by atoms with Gasteiger partial charge in [0.15, 0.2) is 11.5 Å². The summed E-state index contributed by atoms with van der Waals surface area (Å²) in [6.45, 7) is 1.99. The first-order valence-corrected chi connectivity index (χ1v) is 10.3. The molecule has 1 aliphatic rings. The fraction of sp³-hybridized carbons (Fsp3) is 0.391. The number of amides is 2. The van der Waals surface area contributed by atoms with E-state index in [2.05, 4.69) is 0 Å². The summed E-state index contributed by atoms with van der Waals surface area (Å²) in [7, 11) is 6.11. The number of benzene rings is 2. The summed E-state index contributed by atoms with van der Waals surface area (Å²) >= 11 is 0. The smallest absolute Gasteiger partial charge is 0.269 e. The molecule has 176 valence electrons. The average Bonchev–Trinajstić information content (AvgIpc) is 3.22. The maximum absolute atomic E-state index is 13.2. The van der Waals surface area contributed by atoms with Crippen LogP contribution >= 0.6 is 0 Å². The van der Waals surface area contributed by atoms with Gasteiger partial charge in [-0.1, -0.05) is 12.1 Å². The van der Waals surface area contributed by atoms with Crippen LogP contribution in [0.15, 0.2) is 36.4 Å². The predicted octanol–water partition coefficient (Wildman–Crippen LogP) is 3.19. The largest absolute Gasteiger partial charge is 0.493 e. The molecule has 10 heteroatoms. The summed E-state index contributed by atoms with van der Waals surface area (Å²) in [5.74, 6) is 0.268. The van der Waals surface area contributed by atoms with E-state index in [0.29, 0.717) is 28.5 Å². The number of nitro benzene ring substituents is 1. The van der Waals surface area contributed by atoms with Crippen molar-refractivity contribution in [2.75, 3.05) is 39.8 Å². The van der Waals surface area contributed by atoms with Crippen LogP contribution in [0.5, 0.6) is 17.2 Å².